The van der Waals surface area contributed by atoms with Crippen molar-refractivity contribution in [2.75, 3.05) is 0 Å². The van der Waals surface area contributed by atoms with Crippen LogP contribution < -0.4 is 0 Å². The molecule has 0 saturated heterocycles. The van der Waals surface area contributed by atoms with E-state index < -0.39 is 0 Å². The summed E-state index contributed by atoms with van der Waals surface area (Å²) in [6.07, 6.45) is 1.63. The van der Waals surface area contributed by atoms with Crippen LogP contribution in [0.2, 0.25) is 5.02 Å². The van der Waals surface area contributed by atoms with E-state index in [0.29, 0.717) is 14.1 Å². The summed E-state index contributed by atoms with van der Waals surface area (Å²) in [6.45, 7) is 0. The van der Waals surface area contributed by atoms with Crippen LogP contribution in [0.4, 0.5) is 0 Å². The standard InChI is InChI=1S/C9H5ClINO.Mg.2H/c10-6-4-7(11)9(13)8-5(6)2-1-3-12-8;;;/h1-4,13H;;;. The fourth-order valence-corrected chi connectivity index (χ4v) is 2.17. The minimum Gasteiger partial charge on any atom is -0.505 e. The highest BCUT2D eigenvalue weighted by molar-refractivity contribution is 14.1. The van der Waals surface area contributed by atoms with E-state index in [2.05, 4.69) is 4.98 Å². The van der Waals surface area contributed by atoms with Crippen molar-refractivity contribution in [3.05, 3.63) is 33.0 Å². The maximum absolute atomic E-state index is 9.65. The van der Waals surface area contributed by atoms with Crippen molar-refractivity contribution in [2.24, 2.45) is 0 Å². The Morgan fingerprint density at radius 3 is 2.86 bits per heavy atom. The molecule has 0 atom stereocenters. The Bertz CT molecular complexity index is 478. The van der Waals surface area contributed by atoms with Crippen molar-refractivity contribution < 1.29 is 5.11 Å². The molecule has 70 valence electrons. The number of pyridine rings is 1. The van der Waals surface area contributed by atoms with Gasteiger partial charge in [0.05, 0.1) is 8.59 Å². The molecule has 0 amide bonds. The topological polar surface area (TPSA) is 33.1 Å². The van der Waals surface area contributed by atoms with E-state index in [-0.39, 0.29) is 28.8 Å². The Hall–Kier alpha value is 0.216. The number of phenolic OH excluding ortho intramolecular Hbond substituents is 1. The van der Waals surface area contributed by atoms with E-state index in [1.807, 2.05) is 28.7 Å². The predicted octanol–water partition coefficient (Wildman–Crippen LogP) is 2.28. The predicted molar refractivity (Wildman–Crippen MR) is 69.7 cm³/mol. The molecule has 1 heterocycles. The Kier molecular flexibility index (Phi) is 4.24. The molecule has 0 fully saturated rings. The minimum absolute atomic E-state index is 0. The van der Waals surface area contributed by atoms with Gasteiger partial charge in [0, 0.05) is 11.6 Å². The lowest BCUT2D eigenvalue weighted by Gasteiger charge is -2.03. The number of benzene rings is 1. The maximum atomic E-state index is 9.65. The molecule has 0 aliphatic carbocycles. The van der Waals surface area contributed by atoms with Gasteiger partial charge in [0.1, 0.15) is 5.52 Å². The highest BCUT2D eigenvalue weighted by atomic mass is 127. The van der Waals surface area contributed by atoms with Gasteiger partial charge in [-0.2, -0.15) is 0 Å². The minimum atomic E-state index is 0. The van der Waals surface area contributed by atoms with Crippen LogP contribution in [0.5, 0.6) is 5.75 Å². The monoisotopic (exact) mass is 331 g/mol. The van der Waals surface area contributed by atoms with E-state index in [1.54, 1.807) is 18.3 Å². The third-order valence-electron chi connectivity index (χ3n) is 1.77. The van der Waals surface area contributed by atoms with Crippen LogP contribution >= 0.6 is 34.2 Å². The van der Waals surface area contributed by atoms with Gasteiger partial charge in [0.15, 0.2) is 5.75 Å². The highest BCUT2D eigenvalue weighted by Gasteiger charge is 2.08. The average molecular weight is 332 g/mol. The molecule has 5 heteroatoms. The number of phenols is 1. The zero-order valence-corrected chi connectivity index (χ0v) is 9.37. The summed E-state index contributed by atoms with van der Waals surface area (Å²) in [6, 6.07) is 5.35. The maximum Gasteiger partial charge on any atom is 0.316 e. The molecule has 1 aromatic heterocycles. The number of hydrogen-bond donors (Lipinski definition) is 1. The van der Waals surface area contributed by atoms with E-state index in [9.17, 15) is 5.11 Å². The lowest BCUT2D eigenvalue weighted by atomic mass is 10.2. The van der Waals surface area contributed by atoms with Crippen LogP contribution in [0.3, 0.4) is 0 Å². The quantitative estimate of drug-likeness (QED) is 0.593. The molecule has 2 rings (SSSR count). The van der Waals surface area contributed by atoms with Crippen molar-refractivity contribution in [2.45, 2.75) is 0 Å². The second-order valence-corrected chi connectivity index (χ2v) is 4.16. The normalized spacial score (nSPS) is 9.86. The zero-order valence-electron chi connectivity index (χ0n) is 6.46. The van der Waals surface area contributed by atoms with Crippen LogP contribution in [-0.2, 0) is 0 Å². The Morgan fingerprint density at radius 1 is 1.43 bits per heavy atom. The summed E-state index contributed by atoms with van der Waals surface area (Å²) in [4.78, 5) is 4.06. The van der Waals surface area contributed by atoms with Crippen molar-refractivity contribution in [3.63, 3.8) is 0 Å². The molecule has 1 aromatic carbocycles. The molecular formula is C9H7ClIMgNO. The average Bonchev–Trinajstić information content (AvgIpc) is 2.15. The smallest absolute Gasteiger partial charge is 0.316 e. The highest BCUT2D eigenvalue weighted by Crippen LogP contribution is 2.33. The van der Waals surface area contributed by atoms with E-state index in [4.69, 9.17) is 11.6 Å². The van der Waals surface area contributed by atoms with Crippen LogP contribution in [-0.4, -0.2) is 33.1 Å². The van der Waals surface area contributed by atoms with Gasteiger partial charge in [0.25, 0.3) is 0 Å². The van der Waals surface area contributed by atoms with Crippen molar-refractivity contribution in [1.29, 1.82) is 0 Å². The molecule has 0 aliphatic rings. The lowest BCUT2D eigenvalue weighted by molar-refractivity contribution is 0.476. The lowest BCUT2D eigenvalue weighted by Crippen LogP contribution is -1.83. The first kappa shape index (κ1) is 12.3. The first-order valence-corrected chi connectivity index (χ1v) is 5.07. The van der Waals surface area contributed by atoms with Crippen LogP contribution in [0.25, 0.3) is 10.9 Å². The van der Waals surface area contributed by atoms with Gasteiger partial charge in [-0.3, -0.25) is 4.98 Å². The number of rotatable bonds is 0. The molecular weight excluding hydrogens is 325 g/mol. The number of aromatic hydroxyl groups is 1. The molecule has 0 unspecified atom stereocenters. The zero-order chi connectivity index (χ0) is 9.42. The third-order valence-corrected chi connectivity index (χ3v) is 2.90. The fourth-order valence-electron chi connectivity index (χ4n) is 1.16. The SMILES string of the molecule is Oc1c(I)cc(Cl)c2cccnc12.[MgH2]. The number of fused-ring (bicyclic) bond motifs is 1. The molecule has 1 N–H and O–H groups in total. The van der Waals surface area contributed by atoms with E-state index in [0.717, 1.165) is 5.39 Å². The van der Waals surface area contributed by atoms with Crippen LogP contribution in [0.1, 0.15) is 0 Å². The van der Waals surface area contributed by atoms with E-state index in [1.165, 1.54) is 0 Å². The molecule has 0 saturated carbocycles. The number of aromatic nitrogens is 1. The summed E-state index contributed by atoms with van der Waals surface area (Å²) in [5.74, 6) is 0.195. The van der Waals surface area contributed by atoms with Crippen molar-refractivity contribution in [3.8, 4) is 5.75 Å². The number of nitrogens with zero attached hydrogens (tertiary/aromatic N) is 1. The molecule has 0 spiro atoms. The van der Waals surface area contributed by atoms with Gasteiger partial charge in [-0.1, -0.05) is 11.6 Å². The van der Waals surface area contributed by atoms with E-state index >= 15 is 0 Å². The second kappa shape index (κ2) is 4.83. The second-order valence-electron chi connectivity index (χ2n) is 2.59. The number of hydrogen-bond acceptors (Lipinski definition) is 2. The molecule has 2 aromatic rings. The van der Waals surface area contributed by atoms with Crippen LogP contribution in [0, 0.1) is 3.57 Å². The van der Waals surface area contributed by atoms with Gasteiger partial charge < -0.3 is 5.11 Å². The van der Waals surface area contributed by atoms with Crippen molar-refractivity contribution in [1.82, 2.24) is 4.98 Å². The van der Waals surface area contributed by atoms with Crippen LogP contribution in [0.15, 0.2) is 24.4 Å². The fraction of sp³-hybridized carbons (Fsp3) is 0. The van der Waals surface area contributed by atoms with Gasteiger partial charge in [-0.05, 0) is 40.8 Å². The molecule has 2 nitrogen and oxygen atoms in total. The Balaban J connectivity index is 0.000000980. The van der Waals surface area contributed by atoms with Gasteiger partial charge in [-0.15, -0.1) is 0 Å². The molecule has 0 bridgehead atoms. The largest absolute Gasteiger partial charge is 0.505 e. The van der Waals surface area contributed by atoms with Gasteiger partial charge in [-0.25, -0.2) is 0 Å². The molecule has 14 heavy (non-hydrogen) atoms. The summed E-state index contributed by atoms with van der Waals surface area (Å²) in [7, 11) is 0. The first-order valence-electron chi connectivity index (χ1n) is 3.62. The summed E-state index contributed by atoms with van der Waals surface area (Å²) >= 11 is 8.00. The Morgan fingerprint density at radius 2 is 2.14 bits per heavy atom. The summed E-state index contributed by atoms with van der Waals surface area (Å²) in [5.41, 5.74) is 0.555. The molecule has 0 aliphatic heterocycles. The van der Waals surface area contributed by atoms with Crippen molar-refractivity contribution >= 4 is 68.1 Å². The summed E-state index contributed by atoms with van der Waals surface area (Å²) in [5, 5.41) is 11.0. The summed E-state index contributed by atoms with van der Waals surface area (Å²) < 4.78 is 0.716. The first-order chi connectivity index (χ1) is 6.20. The Labute approximate surface area is 116 Å². The third kappa shape index (κ3) is 2.07. The van der Waals surface area contributed by atoms with Gasteiger partial charge in [0.2, 0.25) is 0 Å². The number of halogens is 2. The molecule has 0 radical (unpaired) electrons. The van der Waals surface area contributed by atoms with Gasteiger partial charge >= 0.3 is 23.1 Å².